The fourth-order valence-corrected chi connectivity index (χ4v) is 5.24. The topological polar surface area (TPSA) is 100 Å². The molecule has 0 radical (unpaired) electrons. The highest BCUT2D eigenvalue weighted by molar-refractivity contribution is 8.03. The number of aliphatic carboxylic acids is 2. The van der Waals surface area contributed by atoms with Crippen LogP contribution in [0, 0.1) is 0 Å². The summed E-state index contributed by atoms with van der Waals surface area (Å²) in [5, 5.41) is 18.7. The van der Waals surface area contributed by atoms with E-state index in [1.807, 2.05) is 24.3 Å². The number of carboxylic acid groups (broad SMARTS) is 2. The number of para-hydroxylation sites is 2. The van der Waals surface area contributed by atoms with Gasteiger partial charge >= 0.3 is 11.9 Å². The third-order valence-electron chi connectivity index (χ3n) is 4.62. The number of carboxylic acids is 2. The van der Waals surface area contributed by atoms with Gasteiger partial charge in [-0.05, 0) is 23.3 Å². The molecular formula is C24H18N2O4S2. The van der Waals surface area contributed by atoms with Crippen molar-refractivity contribution in [2.45, 2.75) is 20.6 Å². The van der Waals surface area contributed by atoms with Crippen LogP contribution in [0.3, 0.4) is 0 Å². The van der Waals surface area contributed by atoms with Crippen LogP contribution in [0.2, 0.25) is 0 Å². The van der Waals surface area contributed by atoms with Gasteiger partial charge in [-0.25, -0.2) is 9.97 Å². The van der Waals surface area contributed by atoms with Crippen LogP contribution < -0.4 is 0 Å². The van der Waals surface area contributed by atoms with Crippen molar-refractivity contribution >= 4 is 46.5 Å². The van der Waals surface area contributed by atoms with Gasteiger partial charge in [0.15, 0.2) is 0 Å². The molecule has 160 valence electrons. The molecule has 4 aromatic rings. The number of benzene rings is 3. The average molecular weight is 463 g/mol. The molecule has 4 rings (SSSR count). The second-order valence-corrected chi connectivity index (χ2v) is 9.00. The van der Waals surface area contributed by atoms with Crippen molar-refractivity contribution in [1.82, 2.24) is 9.97 Å². The zero-order chi connectivity index (χ0) is 22.5. The third-order valence-corrected chi connectivity index (χ3v) is 7.18. The van der Waals surface area contributed by atoms with Crippen LogP contribution in [0.15, 0.2) is 95.0 Å². The largest absolute Gasteiger partial charge is 0.480 e. The van der Waals surface area contributed by atoms with Gasteiger partial charge in [0.25, 0.3) is 0 Å². The molecule has 0 saturated carbocycles. The monoisotopic (exact) mass is 462 g/mol. The second-order valence-electron chi connectivity index (χ2n) is 6.82. The molecule has 0 unspecified atom stereocenters. The summed E-state index contributed by atoms with van der Waals surface area (Å²) in [7, 11) is 0. The Labute approximate surface area is 192 Å². The van der Waals surface area contributed by atoms with Gasteiger partial charge in [0.2, 0.25) is 0 Å². The highest BCUT2D eigenvalue weighted by atomic mass is 32.2. The lowest BCUT2D eigenvalue weighted by Crippen LogP contribution is -2.10. The first-order valence-electron chi connectivity index (χ1n) is 9.68. The number of aromatic nitrogens is 2. The summed E-state index contributed by atoms with van der Waals surface area (Å²) in [5.74, 6) is -2.02. The first kappa shape index (κ1) is 21.9. The minimum absolute atomic E-state index is 0.382. The Hall–Kier alpha value is -3.36. The normalized spacial score (nSPS) is 12.9. The molecule has 0 saturated heterocycles. The maximum absolute atomic E-state index is 12.1. The number of hydrogen-bond acceptors (Lipinski definition) is 6. The van der Waals surface area contributed by atoms with Crippen LogP contribution >= 0.6 is 23.5 Å². The predicted molar refractivity (Wildman–Crippen MR) is 125 cm³/mol. The lowest BCUT2D eigenvalue weighted by Gasteiger charge is -2.17. The Balaban J connectivity index is 1.78. The van der Waals surface area contributed by atoms with E-state index in [2.05, 4.69) is 9.97 Å². The van der Waals surface area contributed by atoms with E-state index in [1.54, 1.807) is 60.7 Å². The minimum atomic E-state index is -1.01. The van der Waals surface area contributed by atoms with Crippen LogP contribution in [0.1, 0.15) is 21.6 Å². The van der Waals surface area contributed by atoms with Crippen LogP contribution in [0.25, 0.3) is 11.0 Å². The highest BCUT2D eigenvalue weighted by Crippen LogP contribution is 2.43. The quantitative estimate of drug-likeness (QED) is 0.333. The van der Waals surface area contributed by atoms with Crippen molar-refractivity contribution < 1.29 is 19.8 Å². The highest BCUT2D eigenvalue weighted by Gasteiger charge is 2.28. The minimum Gasteiger partial charge on any atom is -0.480 e. The molecule has 0 spiro atoms. The number of rotatable bonds is 8. The molecular weight excluding hydrogens is 444 g/mol. The number of thioether (sulfide) groups is 2. The molecule has 0 aliphatic rings. The van der Waals surface area contributed by atoms with Crippen LogP contribution in [0.5, 0.6) is 0 Å². The third kappa shape index (κ3) is 4.92. The zero-order valence-electron chi connectivity index (χ0n) is 16.7. The van der Waals surface area contributed by atoms with E-state index in [0.29, 0.717) is 32.2 Å². The Morgan fingerprint density at radius 2 is 0.938 bits per heavy atom. The van der Waals surface area contributed by atoms with E-state index in [4.69, 9.17) is 0 Å². The van der Waals surface area contributed by atoms with E-state index >= 15 is 0 Å². The zero-order valence-corrected chi connectivity index (χ0v) is 18.3. The molecule has 2 N–H and O–H groups in total. The lowest BCUT2D eigenvalue weighted by molar-refractivity contribution is -0.137. The first-order chi connectivity index (χ1) is 15.5. The van der Waals surface area contributed by atoms with Crippen molar-refractivity contribution in [3.05, 3.63) is 96.1 Å². The summed E-state index contributed by atoms with van der Waals surface area (Å²) in [6, 6.07) is 25.0. The molecule has 1 heterocycles. The Morgan fingerprint density at radius 3 is 1.28 bits per heavy atom. The molecule has 3 aromatic carbocycles. The lowest BCUT2D eigenvalue weighted by atomic mass is 10.1. The smallest absolute Gasteiger partial charge is 0.321 e. The summed E-state index contributed by atoms with van der Waals surface area (Å²) in [4.78, 5) is 33.4. The molecule has 0 fully saturated rings. The number of carbonyl (C=O) groups is 2. The first-order valence-corrected chi connectivity index (χ1v) is 11.4. The van der Waals surface area contributed by atoms with Crippen molar-refractivity contribution in [3.8, 4) is 0 Å². The van der Waals surface area contributed by atoms with Gasteiger partial charge in [0, 0.05) is 0 Å². The van der Waals surface area contributed by atoms with Crippen molar-refractivity contribution in [2.24, 2.45) is 0 Å². The van der Waals surface area contributed by atoms with Crippen molar-refractivity contribution in [2.75, 3.05) is 0 Å². The summed E-state index contributed by atoms with van der Waals surface area (Å²) >= 11 is 2.11. The van der Waals surface area contributed by atoms with Gasteiger partial charge in [0.05, 0.1) is 11.0 Å². The van der Waals surface area contributed by atoms with E-state index in [0.717, 1.165) is 23.5 Å². The second kappa shape index (κ2) is 9.84. The molecule has 2 atom stereocenters. The van der Waals surface area contributed by atoms with E-state index in [9.17, 15) is 19.8 Å². The molecule has 0 aliphatic heterocycles. The molecule has 32 heavy (non-hydrogen) atoms. The Morgan fingerprint density at radius 1 is 0.594 bits per heavy atom. The fourth-order valence-electron chi connectivity index (χ4n) is 3.12. The van der Waals surface area contributed by atoms with Crippen molar-refractivity contribution in [1.29, 1.82) is 0 Å². The van der Waals surface area contributed by atoms with E-state index in [1.165, 1.54) is 0 Å². The summed E-state index contributed by atoms with van der Waals surface area (Å²) < 4.78 is 0. The standard InChI is InChI=1S/C24H18N2O4S2/c27-23(28)19(15-9-3-1-4-10-15)31-21-22(26-18-14-8-7-13-17(18)25-21)32-20(24(29)30)16-11-5-2-6-12-16/h1-14,19-20H,(H,27,28)(H,29,30)/t19-,20-/m1/s1. The Bertz CT molecular complexity index is 1150. The SMILES string of the molecule is O=C(O)[C@H](Sc1nc2ccccc2nc1S[C@@H](C(=O)O)c1ccccc1)c1ccccc1. The maximum atomic E-state index is 12.1. The number of fused-ring (bicyclic) bond motifs is 1. The van der Waals surface area contributed by atoms with Crippen molar-refractivity contribution in [3.63, 3.8) is 0 Å². The van der Waals surface area contributed by atoms with Gasteiger partial charge in [-0.2, -0.15) is 0 Å². The van der Waals surface area contributed by atoms with Crippen LogP contribution in [0.4, 0.5) is 0 Å². The summed E-state index contributed by atoms with van der Waals surface area (Å²) in [6.45, 7) is 0. The van der Waals surface area contributed by atoms with Crippen LogP contribution in [-0.4, -0.2) is 32.1 Å². The predicted octanol–water partition coefficient (Wildman–Crippen LogP) is 5.47. The van der Waals surface area contributed by atoms with Gasteiger partial charge in [-0.1, -0.05) is 96.3 Å². The van der Waals surface area contributed by atoms with Gasteiger partial charge in [0.1, 0.15) is 20.6 Å². The molecule has 8 heteroatoms. The van der Waals surface area contributed by atoms with Gasteiger partial charge < -0.3 is 10.2 Å². The fraction of sp³-hybridized carbons (Fsp3) is 0.0833. The molecule has 0 bridgehead atoms. The van der Waals surface area contributed by atoms with E-state index in [-0.39, 0.29) is 0 Å². The number of nitrogens with zero attached hydrogens (tertiary/aromatic N) is 2. The molecule has 0 aliphatic carbocycles. The molecule has 6 nitrogen and oxygen atoms in total. The molecule has 0 amide bonds. The van der Waals surface area contributed by atoms with Gasteiger partial charge in [-0.15, -0.1) is 0 Å². The van der Waals surface area contributed by atoms with Gasteiger partial charge in [-0.3, -0.25) is 9.59 Å². The Kier molecular flexibility index (Phi) is 6.72. The maximum Gasteiger partial charge on any atom is 0.321 e. The summed E-state index contributed by atoms with van der Waals surface area (Å²) in [6.07, 6.45) is 0. The number of hydrogen-bond donors (Lipinski definition) is 2. The molecule has 1 aromatic heterocycles. The van der Waals surface area contributed by atoms with Crippen LogP contribution in [-0.2, 0) is 9.59 Å². The van der Waals surface area contributed by atoms with E-state index < -0.39 is 22.4 Å². The summed E-state index contributed by atoms with van der Waals surface area (Å²) in [5.41, 5.74) is 2.47. The average Bonchev–Trinajstić information content (AvgIpc) is 2.81.